The van der Waals surface area contributed by atoms with Crippen molar-refractivity contribution < 1.29 is 14.1 Å². The molecular formula is C10H16N2O3. The van der Waals surface area contributed by atoms with Crippen LogP contribution in [0.1, 0.15) is 43.7 Å². The molecule has 1 aromatic heterocycles. The molecule has 1 rings (SSSR count). The fourth-order valence-corrected chi connectivity index (χ4v) is 1.06. The lowest BCUT2D eigenvalue weighted by atomic mass is 10.1. The standard InChI is InChI=1S/C10H16N2O3/c1-4-7(3)6-8-11-9(12-15-8)10(13)14-5-2/h7H,4-6H2,1-3H3. The summed E-state index contributed by atoms with van der Waals surface area (Å²) in [7, 11) is 0. The van der Waals surface area contributed by atoms with Gasteiger partial charge in [0.15, 0.2) is 0 Å². The summed E-state index contributed by atoms with van der Waals surface area (Å²) >= 11 is 0. The highest BCUT2D eigenvalue weighted by Gasteiger charge is 2.16. The summed E-state index contributed by atoms with van der Waals surface area (Å²) in [5.74, 6) is 0.444. The topological polar surface area (TPSA) is 65.2 Å². The lowest BCUT2D eigenvalue weighted by molar-refractivity contribution is 0.0508. The molecule has 0 aliphatic rings. The van der Waals surface area contributed by atoms with E-state index in [2.05, 4.69) is 24.0 Å². The third-order valence-electron chi connectivity index (χ3n) is 2.15. The van der Waals surface area contributed by atoms with E-state index in [0.717, 1.165) is 6.42 Å². The maximum atomic E-state index is 11.2. The van der Waals surface area contributed by atoms with Crippen LogP contribution in [0.3, 0.4) is 0 Å². The van der Waals surface area contributed by atoms with E-state index >= 15 is 0 Å². The van der Waals surface area contributed by atoms with Crippen molar-refractivity contribution in [2.75, 3.05) is 6.61 Å². The van der Waals surface area contributed by atoms with Crippen LogP contribution < -0.4 is 0 Å². The van der Waals surface area contributed by atoms with E-state index in [9.17, 15) is 4.79 Å². The maximum absolute atomic E-state index is 11.2. The monoisotopic (exact) mass is 212 g/mol. The van der Waals surface area contributed by atoms with Gasteiger partial charge in [-0.1, -0.05) is 20.3 Å². The molecule has 5 nitrogen and oxygen atoms in total. The summed E-state index contributed by atoms with van der Waals surface area (Å²) in [6, 6.07) is 0. The predicted octanol–water partition coefficient (Wildman–Crippen LogP) is 1.83. The lowest BCUT2D eigenvalue weighted by Crippen LogP contribution is -2.07. The van der Waals surface area contributed by atoms with Crippen molar-refractivity contribution in [3.05, 3.63) is 11.7 Å². The Kier molecular flexibility index (Phi) is 4.27. The number of hydrogen-bond acceptors (Lipinski definition) is 5. The van der Waals surface area contributed by atoms with E-state index < -0.39 is 5.97 Å². The van der Waals surface area contributed by atoms with Crippen molar-refractivity contribution in [2.24, 2.45) is 5.92 Å². The van der Waals surface area contributed by atoms with E-state index in [1.807, 2.05) is 0 Å². The quantitative estimate of drug-likeness (QED) is 0.697. The van der Waals surface area contributed by atoms with Gasteiger partial charge in [0.25, 0.3) is 5.82 Å². The van der Waals surface area contributed by atoms with Crippen molar-refractivity contribution in [3.8, 4) is 0 Å². The minimum atomic E-state index is -0.531. The van der Waals surface area contributed by atoms with Crippen molar-refractivity contribution in [1.82, 2.24) is 10.1 Å². The van der Waals surface area contributed by atoms with Gasteiger partial charge in [-0.15, -0.1) is 0 Å². The third-order valence-corrected chi connectivity index (χ3v) is 2.15. The summed E-state index contributed by atoms with van der Waals surface area (Å²) in [4.78, 5) is 15.2. The van der Waals surface area contributed by atoms with Gasteiger partial charge in [-0.2, -0.15) is 4.98 Å². The number of esters is 1. The van der Waals surface area contributed by atoms with Gasteiger partial charge in [0, 0.05) is 6.42 Å². The molecule has 1 heterocycles. The number of rotatable bonds is 5. The molecule has 0 spiro atoms. The van der Waals surface area contributed by atoms with Crippen molar-refractivity contribution in [2.45, 2.75) is 33.6 Å². The molecule has 0 saturated carbocycles. The molecule has 0 saturated heterocycles. The first-order valence-electron chi connectivity index (χ1n) is 5.17. The van der Waals surface area contributed by atoms with Gasteiger partial charge in [-0.05, 0) is 18.0 Å². The molecule has 0 aromatic carbocycles. The highest BCUT2D eigenvalue weighted by molar-refractivity contribution is 5.84. The highest BCUT2D eigenvalue weighted by atomic mass is 16.5. The Labute approximate surface area is 88.8 Å². The van der Waals surface area contributed by atoms with Gasteiger partial charge in [0.05, 0.1) is 6.61 Å². The normalized spacial score (nSPS) is 12.5. The van der Waals surface area contributed by atoms with E-state index in [-0.39, 0.29) is 5.82 Å². The average Bonchev–Trinajstić information content (AvgIpc) is 2.66. The molecule has 15 heavy (non-hydrogen) atoms. The second-order valence-corrected chi connectivity index (χ2v) is 3.45. The molecular weight excluding hydrogens is 196 g/mol. The van der Waals surface area contributed by atoms with Gasteiger partial charge in [-0.25, -0.2) is 4.79 Å². The fraction of sp³-hybridized carbons (Fsp3) is 0.700. The molecule has 0 aliphatic heterocycles. The Balaban J connectivity index is 2.59. The Morgan fingerprint density at radius 1 is 1.53 bits per heavy atom. The van der Waals surface area contributed by atoms with Crippen LogP contribution in [0.15, 0.2) is 4.52 Å². The number of aromatic nitrogens is 2. The number of hydrogen-bond donors (Lipinski definition) is 0. The van der Waals surface area contributed by atoms with Crippen LogP contribution >= 0.6 is 0 Å². The fourth-order valence-electron chi connectivity index (χ4n) is 1.06. The molecule has 0 bridgehead atoms. The first kappa shape index (κ1) is 11.7. The van der Waals surface area contributed by atoms with Crippen molar-refractivity contribution in [3.63, 3.8) is 0 Å². The van der Waals surface area contributed by atoms with Crippen LogP contribution in [0, 0.1) is 5.92 Å². The lowest BCUT2D eigenvalue weighted by Gasteiger charge is -2.01. The largest absolute Gasteiger partial charge is 0.460 e. The molecule has 0 radical (unpaired) electrons. The van der Waals surface area contributed by atoms with Crippen molar-refractivity contribution in [1.29, 1.82) is 0 Å². The zero-order chi connectivity index (χ0) is 11.3. The molecule has 1 aromatic rings. The van der Waals surface area contributed by atoms with Crippen LogP contribution in [-0.2, 0) is 11.2 Å². The molecule has 0 amide bonds. The average molecular weight is 212 g/mol. The van der Waals surface area contributed by atoms with Crippen LogP contribution in [0.2, 0.25) is 0 Å². The molecule has 0 fully saturated rings. The van der Waals surface area contributed by atoms with Gasteiger partial charge in [0.2, 0.25) is 5.89 Å². The number of nitrogens with zero attached hydrogens (tertiary/aromatic N) is 2. The van der Waals surface area contributed by atoms with E-state index in [1.165, 1.54) is 0 Å². The highest BCUT2D eigenvalue weighted by Crippen LogP contribution is 2.09. The summed E-state index contributed by atoms with van der Waals surface area (Å²) in [5, 5.41) is 3.56. The summed E-state index contributed by atoms with van der Waals surface area (Å²) in [5.41, 5.74) is 0. The molecule has 84 valence electrons. The maximum Gasteiger partial charge on any atom is 0.379 e. The number of ether oxygens (including phenoxy) is 1. The number of carbonyl (C=O) groups is 1. The first-order valence-corrected chi connectivity index (χ1v) is 5.17. The second-order valence-electron chi connectivity index (χ2n) is 3.45. The Hall–Kier alpha value is -1.39. The van der Waals surface area contributed by atoms with Gasteiger partial charge in [-0.3, -0.25) is 0 Å². The Bertz CT molecular complexity index is 322. The minimum Gasteiger partial charge on any atom is -0.460 e. The van der Waals surface area contributed by atoms with Gasteiger partial charge >= 0.3 is 5.97 Å². The molecule has 0 N–H and O–H groups in total. The van der Waals surface area contributed by atoms with Gasteiger partial charge in [0.1, 0.15) is 0 Å². The first-order chi connectivity index (χ1) is 7.17. The zero-order valence-electron chi connectivity index (χ0n) is 9.32. The van der Waals surface area contributed by atoms with Crippen LogP contribution in [0.25, 0.3) is 0 Å². The smallest absolute Gasteiger partial charge is 0.379 e. The zero-order valence-corrected chi connectivity index (χ0v) is 9.32. The van der Waals surface area contributed by atoms with E-state index in [4.69, 9.17) is 9.26 Å². The summed E-state index contributed by atoms with van der Waals surface area (Å²) in [6.45, 7) is 6.23. The third kappa shape index (κ3) is 3.34. The van der Waals surface area contributed by atoms with Crippen LogP contribution in [-0.4, -0.2) is 22.7 Å². The van der Waals surface area contributed by atoms with Crippen molar-refractivity contribution >= 4 is 5.97 Å². The second kappa shape index (κ2) is 5.48. The Morgan fingerprint density at radius 3 is 2.87 bits per heavy atom. The number of carbonyl (C=O) groups excluding carboxylic acids is 1. The molecule has 1 atom stereocenters. The van der Waals surface area contributed by atoms with Gasteiger partial charge < -0.3 is 9.26 Å². The molecule has 5 heteroatoms. The van der Waals surface area contributed by atoms with Crippen LogP contribution in [0.4, 0.5) is 0 Å². The molecule has 1 unspecified atom stereocenters. The minimum absolute atomic E-state index is 0.00940. The van der Waals surface area contributed by atoms with Crippen LogP contribution in [0.5, 0.6) is 0 Å². The van der Waals surface area contributed by atoms with E-state index in [0.29, 0.717) is 24.8 Å². The SMILES string of the molecule is CCOC(=O)c1noc(CC(C)CC)n1. The molecule has 0 aliphatic carbocycles. The summed E-state index contributed by atoms with van der Waals surface area (Å²) in [6.07, 6.45) is 1.74. The Morgan fingerprint density at radius 2 is 2.27 bits per heavy atom. The predicted molar refractivity (Wildman–Crippen MR) is 53.4 cm³/mol. The summed E-state index contributed by atoms with van der Waals surface area (Å²) < 4.78 is 9.69. The van der Waals surface area contributed by atoms with E-state index in [1.54, 1.807) is 6.92 Å².